The second kappa shape index (κ2) is 6.64. The van der Waals surface area contributed by atoms with E-state index in [2.05, 4.69) is 20.7 Å². The molecule has 0 saturated heterocycles. The van der Waals surface area contributed by atoms with Crippen molar-refractivity contribution in [3.8, 4) is 0 Å². The van der Waals surface area contributed by atoms with E-state index < -0.39 is 11.6 Å². The fourth-order valence-electron chi connectivity index (χ4n) is 1.91. The lowest BCUT2D eigenvalue weighted by Gasteiger charge is -2.14. The molecule has 0 aliphatic rings. The van der Waals surface area contributed by atoms with Crippen LogP contribution in [0.4, 0.5) is 26.1 Å². The summed E-state index contributed by atoms with van der Waals surface area (Å²) in [6.07, 6.45) is 2.73. The lowest BCUT2D eigenvalue weighted by Crippen LogP contribution is -2.13. The Labute approximate surface area is 125 Å². The van der Waals surface area contributed by atoms with Gasteiger partial charge in [0.2, 0.25) is 0 Å². The number of nitrogens with zero attached hydrogens (tertiary/aromatic N) is 2. The number of halogens is 3. The Balaban J connectivity index is 2.44. The fraction of sp³-hybridized carbons (Fsp3) is 0.231. The number of aromatic nitrogens is 2. The third-order valence-electron chi connectivity index (χ3n) is 2.83. The summed E-state index contributed by atoms with van der Waals surface area (Å²) in [5.74, 6) is 4.66. The van der Waals surface area contributed by atoms with Gasteiger partial charge >= 0.3 is 0 Å². The van der Waals surface area contributed by atoms with Crippen LogP contribution in [0, 0.1) is 11.6 Å². The number of nitrogens with two attached hydrogens (primary N) is 1. The molecule has 0 fully saturated rings. The Morgan fingerprint density at radius 3 is 2.57 bits per heavy atom. The number of anilines is 3. The second-order valence-corrected chi connectivity index (χ2v) is 4.72. The molecule has 0 radical (unpaired) electrons. The van der Waals surface area contributed by atoms with Gasteiger partial charge in [0.05, 0.1) is 10.7 Å². The first-order valence-corrected chi connectivity index (χ1v) is 6.66. The predicted molar refractivity (Wildman–Crippen MR) is 78.5 cm³/mol. The van der Waals surface area contributed by atoms with Gasteiger partial charge in [-0.25, -0.2) is 24.6 Å². The van der Waals surface area contributed by atoms with Crippen molar-refractivity contribution in [2.75, 3.05) is 10.7 Å². The number of benzene rings is 1. The molecule has 8 heteroatoms. The van der Waals surface area contributed by atoms with Crippen LogP contribution in [-0.2, 0) is 6.42 Å². The van der Waals surface area contributed by atoms with E-state index in [0.29, 0.717) is 23.6 Å². The van der Waals surface area contributed by atoms with Crippen LogP contribution in [0.15, 0.2) is 18.5 Å². The van der Waals surface area contributed by atoms with Gasteiger partial charge in [-0.1, -0.05) is 24.9 Å². The average molecular weight is 314 g/mol. The highest BCUT2D eigenvalue weighted by Crippen LogP contribution is 2.31. The first-order chi connectivity index (χ1) is 10.1. The van der Waals surface area contributed by atoms with Gasteiger partial charge in [-0.15, -0.1) is 0 Å². The lowest BCUT2D eigenvalue weighted by molar-refractivity contribution is 0.586. The standard InChI is InChI=1S/C13H14ClF2N5/c1-2-3-8-12(18-6-19-13(8)21-17)20-11-9(14)4-7(15)5-10(11)16/h4-6H,2-3,17H2,1H3,(H2,18,19,20,21). The largest absolute Gasteiger partial charge is 0.336 e. The van der Waals surface area contributed by atoms with E-state index in [9.17, 15) is 8.78 Å². The topological polar surface area (TPSA) is 75.9 Å². The van der Waals surface area contributed by atoms with Crippen LogP contribution in [0.25, 0.3) is 0 Å². The van der Waals surface area contributed by atoms with Gasteiger partial charge in [-0.05, 0) is 12.5 Å². The molecular weight excluding hydrogens is 300 g/mol. The van der Waals surface area contributed by atoms with E-state index in [1.165, 1.54) is 6.33 Å². The van der Waals surface area contributed by atoms with Crippen molar-refractivity contribution in [1.29, 1.82) is 0 Å². The number of hydrogen-bond acceptors (Lipinski definition) is 5. The minimum absolute atomic E-state index is 0.0444. The van der Waals surface area contributed by atoms with Gasteiger partial charge in [0.25, 0.3) is 0 Å². The molecule has 2 rings (SSSR count). The summed E-state index contributed by atoms with van der Waals surface area (Å²) < 4.78 is 26.9. The summed E-state index contributed by atoms with van der Waals surface area (Å²) in [4.78, 5) is 8.07. The van der Waals surface area contributed by atoms with Crippen LogP contribution in [0.1, 0.15) is 18.9 Å². The quantitative estimate of drug-likeness (QED) is 0.582. The maximum absolute atomic E-state index is 13.8. The smallest absolute Gasteiger partial charge is 0.151 e. The zero-order valence-corrected chi connectivity index (χ0v) is 12.0. The molecule has 0 amide bonds. The number of rotatable bonds is 5. The van der Waals surface area contributed by atoms with Crippen LogP contribution in [0.3, 0.4) is 0 Å². The summed E-state index contributed by atoms with van der Waals surface area (Å²) in [5.41, 5.74) is 3.12. The van der Waals surface area contributed by atoms with Gasteiger partial charge in [0, 0.05) is 11.6 Å². The van der Waals surface area contributed by atoms with Crippen molar-refractivity contribution < 1.29 is 8.78 Å². The summed E-state index contributed by atoms with van der Waals surface area (Å²) in [6.45, 7) is 1.97. The van der Waals surface area contributed by atoms with Gasteiger partial charge in [0.15, 0.2) is 5.82 Å². The van der Waals surface area contributed by atoms with Crippen molar-refractivity contribution >= 4 is 28.9 Å². The summed E-state index contributed by atoms with van der Waals surface area (Å²) >= 11 is 5.86. The van der Waals surface area contributed by atoms with Gasteiger partial charge in [-0.3, -0.25) is 0 Å². The molecule has 1 aromatic heterocycles. The molecule has 0 spiro atoms. The monoisotopic (exact) mass is 313 g/mol. The molecule has 1 heterocycles. The van der Waals surface area contributed by atoms with Crippen LogP contribution in [0.5, 0.6) is 0 Å². The van der Waals surface area contributed by atoms with Gasteiger partial charge in [0.1, 0.15) is 23.8 Å². The van der Waals surface area contributed by atoms with E-state index in [-0.39, 0.29) is 10.7 Å². The highest BCUT2D eigenvalue weighted by Gasteiger charge is 2.15. The zero-order chi connectivity index (χ0) is 15.4. The van der Waals surface area contributed by atoms with Crippen LogP contribution >= 0.6 is 11.6 Å². The summed E-state index contributed by atoms with van der Waals surface area (Å²) in [7, 11) is 0. The molecule has 0 atom stereocenters. The summed E-state index contributed by atoms with van der Waals surface area (Å²) in [6, 6.07) is 1.77. The van der Waals surface area contributed by atoms with Crippen molar-refractivity contribution in [3.63, 3.8) is 0 Å². The zero-order valence-electron chi connectivity index (χ0n) is 11.3. The Hall–Kier alpha value is -1.99. The Kier molecular flexibility index (Phi) is 4.87. The SMILES string of the molecule is CCCc1c(NN)ncnc1Nc1c(F)cc(F)cc1Cl. The molecule has 112 valence electrons. The molecule has 0 aliphatic heterocycles. The van der Waals surface area contributed by atoms with Crippen LogP contribution in [-0.4, -0.2) is 9.97 Å². The van der Waals surface area contributed by atoms with Crippen molar-refractivity contribution in [2.24, 2.45) is 5.84 Å². The molecule has 0 aliphatic carbocycles. The van der Waals surface area contributed by atoms with Gasteiger partial charge < -0.3 is 10.7 Å². The van der Waals surface area contributed by atoms with Crippen LogP contribution < -0.4 is 16.6 Å². The highest BCUT2D eigenvalue weighted by atomic mass is 35.5. The normalized spacial score (nSPS) is 10.5. The molecule has 5 nitrogen and oxygen atoms in total. The molecule has 0 unspecified atom stereocenters. The molecular formula is C13H14ClF2N5. The highest BCUT2D eigenvalue weighted by molar-refractivity contribution is 6.33. The Morgan fingerprint density at radius 1 is 1.24 bits per heavy atom. The first-order valence-electron chi connectivity index (χ1n) is 6.28. The van der Waals surface area contributed by atoms with Crippen LogP contribution in [0.2, 0.25) is 5.02 Å². The molecule has 0 bridgehead atoms. The summed E-state index contributed by atoms with van der Waals surface area (Å²) in [5, 5.41) is 2.70. The van der Waals surface area contributed by atoms with Crippen molar-refractivity contribution in [3.05, 3.63) is 40.7 Å². The minimum Gasteiger partial charge on any atom is -0.336 e. The molecule has 0 saturated carbocycles. The number of hydrazine groups is 1. The van der Waals surface area contributed by atoms with E-state index >= 15 is 0 Å². The van der Waals surface area contributed by atoms with Crippen molar-refractivity contribution in [2.45, 2.75) is 19.8 Å². The second-order valence-electron chi connectivity index (χ2n) is 4.31. The van der Waals surface area contributed by atoms with Gasteiger partial charge in [-0.2, -0.15) is 0 Å². The maximum atomic E-state index is 13.8. The molecule has 1 aromatic carbocycles. The van der Waals surface area contributed by atoms with E-state index in [1.54, 1.807) is 0 Å². The lowest BCUT2D eigenvalue weighted by atomic mass is 10.1. The fourth-order valence-corrected chi connectivity index (χ4v) is 2.15. The number of hydrogen-bond donors (Lipinski definition) is 3. The van der Waals surface area contributed by atoms with E-state index in [0.717, 1.165) is 18.6 Å². The molecule has 21 heavy (non-hydrogen) atoms. The Morgan fingerprint density at radius 2 is 1.95 bits per heavy atom. The Bertz CT molecular complexity index is 627. The van der Waals surface area contributed by atoms with E-state index in [1.807, 2.05) is 6.92 Å². The third-order valence-corrected chi connectivity index (χ3v) is 3.13. The third kappa shape index (κ3) is 3.37. The molecule has 4 N–H and O–H groups in total. The molecule has 2 aromatic rings. The average Bonchev–Trinajstić information content (AvgIpc) is 2.44. The number of nitrogen functional groups attached to an aromatic ring is 1. The first kappa shape index (κ1) is 15.4. The predicted octanol–water partition coefficient (Wildman–Crippen LogP) is 3.39. The van der Waals surface area contributed by atoms with Crippen molar-refractivity contribution in [1.82, 2.24) is 9.97 Å². The van der Waals surface area contributed by atoms with E-state index in [4.69, 9.17) is 17.4 Å². The minimum atomic E-state index is -0.802. The maximum Gasteiger partial charge on any atom is 0.151 e. The number of nitrogens with one attached hydrogen (secondary N) is 2.